The van der Waals surface area contributed by atoms with Crippen molar-refractivity contribution in [3.05, 3.63) is 70.5 Å². The highest BCUT2D eigenvalue weighted by molar-refractivity contribution is 7.99. The second-order valence-electron chi connectivity index (χ2n) is 7.98. The van der Waals surface area contributed by atoms with Gasteiger partial charge in [-0.15, -0.1) is 10.2 Å². The fraction of sp³-hybridized carbons (Fsp3) is 0.292. The third kappa shape index (κ3) is 6.61. The summed E-state index contributed by atoms with van der Waals surface area (Å²) >= 11 is 7.40. The van der Waals surface area contributed by atoms with Crippen LogP contribution in [0.25, 0.3) is 0 Å². The van der Waals surface area contributed by atoms with Crippen LogP contribution >= 0.6 is 23.4 Å². The molecule has 1 heterocycles. The lowest BCUT2D eigenvalue weighted by Crippen LogP contribution is -2.34. The van der Waals surface area contributed by atoms with E-state index in [1.165, 1.54) is 36.0 Å². The minimum atomic E-state index is -1.03. The first-order valence-corrected chi connectivity index (χ1v) is 12.3. The summed E-state index contributed by atoms with van der Waals surface area (Å²) in [5, 5.41) is 24.2. The van der Waals surface area contributed by atoms with Crippen LogP contribution < -0.4 is 10.6 Å². The lowest BCUT2D eigenvalue weighted by atomic mass is 10.0. The van der Waals surface area contributed by atoms with E-state index in [0.29, 0.717) is 33.8 Å². The molecular formula is C24H26ClN5O4S. The van der Waals surface area contributed by atoms with E-state index in [1.54, 1.807) is 24.3 Å². The smallest absolute Gasteiger partial charge is 0.335 e. The van der Waals surface area contributed by atoms with E-state index in [-0.39, 0.29) is 29.0 Å². The van der Waals surface area contributed by atoms with E-state index in [2.05, 4.69) is 20.8 Å². The molecule has 35 heavy (non-hydrogen) atoms. The van der Waals surface area contributed by atoms with Gasteiger partial charge in [-0.05, 0) is 49.2 Å². The molecule has 0 spiro atoms. The summed E-state index contributed by atoms with van der Waals surface area (Å²) in [6.45, 7) is 6.44. The maximum atomic E-state index is 12.9. The number of carbonyl (C=O) groups excluding carboxylic acids is 2. The van der Waals surface area contributed by atoms with Gasteiger partial charge in [-0.3, -0.25) is 9.59 Å². The molecule has 0 radical (unpaired) electrons. The van der Waals surface area contributed by atoms with Gasteiger partial charge in [0.05, 0.1) is 27.9 Å². The number of nitrogens with zero attached hydrogens (tertiary/aromatic N) is 3. The van der Waals surface area contributed by atoms with Crippen LogP contribution in [0.15, 0.2) is 53.7 Å². The van der Waals surface area contributed by atoms with Gasteiger partial charge in [-0.1, -0.05) is 49.3 Å². The van der Waals surface area contributed by atoms with Crippen molar-refractivity contribution in [3.63, 3.8) is 0 Å². The third-order valence-corrected chi connectivity index (χ3v) is 6.46. The Labute approximate surface area is 212 Å². The minimum Gasteiger partial charge on any atom is -0.478 e. The third-order valence-electron chi connectivity index (χ3n) is 5.16. The van der Waals surface area contributed by atoms with Crippen molar-refractivity contribution in [1.82, 2.24) is 20.1 Å². The van der Waals surface area contributed by atoms with Gasteiger partial charge in [0, 0.05) is 12.2 Å². The molecule has 2 aromatic carbocycles. The van der Waals surface area contributed by atoms with Gasteiger partial charge in [-0.25, -0.2) is 4.79 Å². The van der Waals surface area contributed by atoms with Crippen LogP contribution in [-0.2, 0) is 11.3 Å². The summed E-state index contributed by atoms with van der Waals surface area (Å²) in [5.41, 5.74) is 1.02. The highest BCUT2D eigenvalue weighted by Crippen LogP contribution is 2.26. The van der Waals surface area contributed by atoms with Crippen LogP contribution in [0.1, 0.15) is 53.4 Å². The molecule has 0 aliphatic rings. The van der Waals surface area contributed by atoms with Gasteiger partial charge in [0.25, 0.3) is 5.91 Å². The standard InChI is InChI=1S/C24H26ClN5O4S/c1-4-30-21(20(14(2)3)27-22(32)17-7-5-6-8-18(17)25)28-29-24(30)35-13-19(31)26-16-11-9-15(10-12-16)23(33)34/h5-12,14,20H,4,13H2,1-3H3,(H,26,31)(H,27,32)(H,33,34)/t20-/m1/s1. The summed E-state index contributed by atoms with van der Waals surface area (Å²) in [6, 6.07) is 12.3. The van der Waals surface area contributed by atoms with Gasteiger partial charge in [-0.2, -0.15) is 0 Å². The van der Waals surface area contributed by atoms with Crippen molar-refractivity contribution in [1.29, 1.82) is 0 Å². The number of thioether (sulfide) groups is 1. The summed E-state index contributed by atoms with van der Waals surface area (Å²) in [6.07, 6.45) is 0. The number of amides is 2. The van der Waals surface area contributed by atoms with Gasteiger partial charge in [0.15, 0.2) is 11.0 Å². The van der Waals surface area contributed by atoms with E-state index in [4.69, 9.17) is 16.7 Å². The zero-order valence-electron chi connectivity index (χ0n) is 19.5. The fourth-order valence-electron chi connectivity index (χ4n) is 3.35. The topological polar surface area (TPSA) is 126 Å². The summed E-state index contributed by atoms with van der Waals surface area (Å²) in [5.74, 6) is -0.908. The highest BCUT2D eigenvalue weighted by atomic mass is 35.5. The molecule has 0 aliphatic carbocycles. The quantitative estimate of drug-likeness (QED) is 0.339. The first-order chi connectivity index (χ1) is 16.7. The molecule has 0 bridgehead atoms. The number of rotatable bonds is 10. The Morgan fingerprint density at radius 1 is 1.09 bits per heavy atom. The number of anilines is 1. The van der Waals surface area contributed by atoms with Crippen LogP contribution in [0.5, 0.6) is 0 Å². The fourth-order valence-corrected chi connectivity index (χ4v) is 4.38. The Morgan fingerprint density at radius 2 is 1.77 bits per heavy atom. The van der Waals surface area contributed by atoms with E-state index in [1.807, 2.05) is 25.3 Å². The molecule has 3 aromatic rings. The van der Waals surface area contributed by atoms with Crippen molar-refractivity contribution in [2.45, 2.75) is 38.5 Å². The lowest BCUT2D eigenvalue weighted by molar-refractivity contribution is -0.113. The van der Waals surface area contributed by atoms with Crippen LogP contribution in [0.4, 0.5) is 5.69 Å². The average molecular weight is 516 g/mol. The SMILES string of the molecule is CCn1c(SCC(=O)Nc2ccc(C(=O)O)cc2)nnc1[C@H](NC(=O)c1ccccc1Cl)C(C)C. The molecule has 3 N–H and O–H groups in total. The van der Waals surface area contributed by atoms with Crippen molar-refractivity contribution in [2.24, 2.45) is 5.92 Å². The molecule has 2 amide bonds. The minimum absolute atomic E-state index is 0.0193. The number of carboxylic acids is 1. The lowest BCUT2D eigenvalue weighted by Gasteiger charge is -2.22. The van der Waals surface area contributed by atoms with Gasteiger partial charge in [0.2, 0.25) is 5.91 Å². The number of halogens is 1. The number of benzene rings is 2. The summed E-state index contributed by atoms with van der Waals surface area (Å²) in [4.78, 5) is 36.2. The first-order valence-electron chi connectivity index (χ1n) is 11.0. The Hall–Kier alpha value is -3.37. The summed E-state index contributed by atoms with van der Waals surface area (Å²) in [7, 11) is 0. The number of hydrogen-bond donors (Lipinski definition) is 3. The van der Waals surface area contributed by atoms with Gasteiger partial charge >= 0.3 is 5.97 Å². The molecule has 184 valence electrons. The van der Waals surface area contributed by atoms with Crippen LogP contribution in [0.3, 0.4) is 0 Å². The maximum absolute atomic E-state index is 12.9. The number of aromatic carboxylic acids is 1. The molecule has 3 rings (SSSR count). The highest BCUT2D eigenvalue weighted by Gasteiger charge is 2.26. The zero-order chi connectivity index (χ0) is 25.5. The van der Waals surface area contributed by atoms with E-state index < -0.39 is 12.0 Å². The van der Waals surface area contributed by atoms with Crippen LogP contribution in [-0.4, -0.2) is 43.4 Å². The van der Waals surface area contributed by atoms with Crippen molar-refractivity contribution in [2.75, 3.05) is 11.1 Å². The second-order valence-corrected chi connectivity index (χ2v) is 9.33. The Balaban J connectivity index is 1.69. The van der Waals surface area contributed by atoms with E-state index in [9.17, 15) is 14.4 Å². The molecule has 9 nitrogen and oxygen atoms in total. The van der Waals surface area contributed by atoms with Crippen LogP contribution in [0, 0.1) is 5.92 Å². The Bertz CT molecular complexity index is 1210. The number of aromatic nitrogens is 3. The van der Waals surface area contributed by atoms with Crippen LogP contribution in [0.2, 0.25) is 5.02 Å². The molecule has 1 atom stereocenters. The van der Waals surface area contributed by atoms with Crippen molar-refractivity contribution in [3.8, 4) is 0 Å². The van der Waals surface area contributed by atoms with E-state index in [0.717, 1.165) is 0 Å². The zero-order valence-corrected chi connectivity index (χ0v) is 21.1. The average Bonchev–Trinajstić information content (AvgIpc) is 3.24. The molecule has 11 heteroatoms. The predicted molar refractivity (Wildman–Crippen MR) is 135 cm³/mol. The van der Waals surface area contributed by atoms with Gasteiger partial charge in [0.1, 0.15) is 0 Å². The molecule has 1 aromatic heterocycles. The maximum Gasteiger partial charge on any atom is 0.335 e. The number of nitrogens with one attached hydrogen (secondary N) is 2. The second kappa shape index (κ2) is 11.9. The van der Waals surface area contributed by atoms with Crippen molar-refractivity contribution >= 4 is 46.8 Å². The first kappa shape index (κ1) is 26.2. The predicted octanol–water partition coefficient (Wildman–Crippen LogP) is 4.51. The van der Waals surface area contributed by atoms with Crippen molar-refractivity contribution < 1.29 is 19.5 Å². The number of hydrogen-bond acceptors (Lipinski definition) is 6. The number of carboxylic acid groups (broad SMARTS) is 1. The normalized spacial score (nSPS) is 11.8. The monoisotopic (exact) mass is 515 g/mol. The Kier molecular flexibility index (Phi) is 8.89. The van der Waals surface area contributed by atoms with E-state index >= 15 is 0 Å². The molecule has 0 saturated heterocycles. The number of carbonyl (C=O) groups is 3. The summed E-state index contributed by atoms with van der Waals surface area (Å²) < 4.78 is 1.87. The molecule has 0 saturated carbocycles. The molecular weight excluding hydrogens is 490 g/mol. The van der Waals surface area contributed by atoms with Gasteiger partial charge < -0.3 is 20.3 Å². The largest absolute Gasteiger partial charge is 0.478 e. The Morgan fingerprint density at radius 3 is 2.37 bits per heavy atom. The molecule has 0 unspecified atom stereocenters. The molecule has 0 fully saturated rings. The molecule has 0 aliphatic heterocycles.